The molecule has 17 heavy (non-hydrogen) atoms. The summed E-state index contributed by atoms with van der Waals surface area (Å²) in [6.45, 7) is 12.1. The summed E-state index contributed by atoms with van der Waals surface area (Å²) >= 11 is 0. The Kier molecular flexibility index (Phi) is 4.19. The average molecular weight is 231 g/mol. The van der Waals surface area contributed by atoms with Gasteiger partial charge in [-0.25, -0.2) is 5.32 Å². The largest absolute Gasteiger partial charge is 0.298 e. The van der Waals surface area contributed by atoms with Crippen molar-refractivity contribution in [1.29, 1.82) is 0 Å². The molecule has 2 rings (SSSR count). The van der Waals surface area contributed by atoms with Crippen LogP contribution in [0.25, 0.3) is 0 Å². The average Bonchev–Trinajstić information content (AvgIpc) is 2.51. The molecule has 1 aliphatic heterocycles. The molecule has 0 atom stereocenters. The fraction of sp³-hybridized carbons (Fsp3) is 0.600. The van der Waals surface area contributed by atoms with Crippen molar-refractivity contribution < 1.29 is 0 Å². The van der Waals surface area contributed by atoms with E-state index in [9.17, 15) is 0 Å². The number of hydrogen-bond donors (Lipinski definition) is 0. The molecule has 1 saturated heterocycles. The van der Waals surface area contributed by atoms with Crippen LogP contribution in [0.3, 0.4) is 0 Å². The second-order valence-electron chi connectivity index (χ2n) is 5.18. The van der Waals surface area contributed by atoms with Crippen LogP contribution in [0.2, 0.25) is 0 Å². The quantitative estimate of drug-likeness (QED) is 0.764. The molecule has 0 N–H and O–H groups in total. The van der Waals surface area contributed by atoms with Crippen molar-refractivity contribution >= 4 is 0 Å². The predicted octanol–water partition coefficient (Wildman–Crippen LogP) is 2.42. The van der Waals surface area contributed by atoms with Crippen molar-refractivity contribution in [3.05, 3.63) is 34.4 Å². The maximum atomic E-state index is 4.48. The summed E-state index contributed by atoms with van der Waals surface area (Å²) in [6, 6.07) is 4.59. The lowest BCUT2D eigenvalue weighted by molar-refractivity contribution is 0.283. The topological polar surface area (TPSA) is 17.3 Å². The molecule has 0 aromatic heterocycles. The first-order valence-corrected chi connectivity index (χ1v) is 6.59. The molecule has 1 fully saturated rings. The van der Waals surface area contributed by atoms with Crippen LogP contribution in [0, 0.1) is 20.8 Å². The van der Waals surface area contributed by atoms with E-state index in [0.717, 1.165) is 26.2 Å². The molecule has 0 unspecified atom stereocenters. The van der Waals surface area contributed by atoms with Crippen LogP contribution in [0.15, 0.2) is 12.1 Å². The fourth-order valence-corrected chi connectivity index (χ4v) is 2.68. The Hall–Kier alpha value is -0.860. The van der Waals surface area contributed by atoms with Crippen molar-refractivity contribution in [3.63, 3.8) is 0 Å². The summed E-state index contributed by atoms with van der Waals surface area (Å²) in [5.41, 5.74) is 5.75. The molecule has 0 spiro atoms. The third-order valence-corrected chi connectivity index (χ3v) is 3.59. The van der Waals surface area contributed by atoms with E-state index in [1.54, 1.807) is 0 Å². The van der Waals surface area contributed by atoms with Gasteiger partial charge in [-0.05, 0) is 50.4 Å². The Morgan fingerprint density at radius 2 is 1.76 bits per heavy atom. The molecule has 0 saturated carbocycles. The van der Waals surface area contributed by atoms with Gasteiger partial charge in [-0.1, -0.05) is 17.7 Å². The fourth-order valence-electron chi connectivity index (χ4n) is 2.68. The van der Waals surface area contributed by atoms with Crippen molar-refractivity contribution in [1.82, 2.24) is 10.2 Å². The summed E-state index contributed by atoms with van der Waals surface area (Å²) in [5, 5.41) is 4.48. The third-order valence-electron chi connectivity index (χ3n) is 3.59. The highest BCUT2D eigenvalue weighted by Gasteiger charge is 2.12. The molecule has 1 heterocycles. The van der Waals surface area contributed by atoms with Crippen molar-refractivity contribution in [2.75, 3.05) is 26.2 Å². The molecule has 1 aromatic carbocycles. The van der Waals surface area contributed by atoms with Crippen LogP contribution in [0.1, 0.15) is 28.7 Å². The number of rotatable bonds is 2. The van der Waals surface area contributed by atoms with E-state index in [-0.39, 0.29) is 0 Å². The number of hydrogen-bond acceptors (Lipinski definition) is 1. The summed E-state index contributed by atoms with van der Waals surface area (Å²) < 4.78 is 0. The standard InChI is InChI=1S/C15H23N2/c1-12-9-13(2)15(14(3)10-12)11-17-7-4-5-16-6-8-17/h9-10H,4-8,11H2,1-3H3. The molecule has 0 amide bonds. The third kappa shape index (κ3) is 3.30. The van der Waals surface area contributed by atoms with E-state index < -0.39 is 0 Å². The number of nitrogens with zero attached hydrogens (tertiary/aromatic N) is 2. The van der Waals surface area contributed by atoms with Gasteiger partial charge in [-0.2, -0.15) is 0 Å². The van der Waals surface area contributed by atoms with E-state index >= 15 is 0 Å². The van der Waals surface area contributed by atoms with Gasteiger partial charge in [0.2, 0.25) is 0 Å². The normalized spacial score (nSPS) is 18.1. The van der Waals surface area contributed by atoms with E-state index in [4.69, 9.17) is 0 Å². The van der Waals surface area contributed by atoms with E-state index in [1.807, 2.05) is 0 Å². The lowest BCUT2D eigenvalue weighted by Crippen LogP contribution is -2.27. The molecule has 1 radical (unpaired) electrons. The van der Waals surface area contributed by atoms with Crippen LogP contribution in [-0.2, 0) is 6.54 Å². The van der Waals surface area contributed by atoms with Gasteiger partial charge in [0.05, 0.1) is 0 Å². The van der Waals surface area contributed by atoms with Crippen molar-refractivity contribution in [2.45, 2.75) is 33.7 Å². The predicted molar refractivity (Wildman–Crippen MR) is 72.4 cm³/mol. The second-order valence-corrected chi connectivity index (χ2v) is 5.18. The van der Waals surface area contributed by atoms with Crippen LogP contribution in [-0.4, -0.2) is 31.1 Å². The highest BCUT2D eigenvalue weighted by molar-refractivity contribution is 5.37. The van der Waals surface area contributed by atoms with Crippen LogP contribution < -0.4 is 5.32 Å². The minimum atomic E-state index is 1.00. The zero-order chi connectivity index (χ0) is 12.3. The van der Waals surface area contributed by atoms with Crippen LogP contribution in [0.4, 0.5) is 0 Å². The summed E-state index contributed by atoms with van der Waals surface area (Å²) in [6.07, 6.45) is 1.21. The Morgan fingerprint density at radius 3 is 2.47 bits per heavy atom. The molecular formula is C15H23N2. The molecule has 93 valence electrons. The minimum absolute atomic E-state index is 1.00. The van der Waals surface area contributed by atoms with Gasteiger partial charge in [0, 0.05) is 26.2 Å². The van der Waals surface area contributed by atoms with Crippen molar-refractivity contribution in [3.8, 4) is 0 Å². The van der Waals surface area contributed by atoms with Gasteiger partial charge in [-0.3, -0.25) is 4.90 Å². The minimum Gasteiger partial charge on any atom is -0.298 e. The molecule has 1 aliphatic rings. The Bertz CT molecular complexity index is 354. The van der Waals surface area contributed by atoms with Gasteiger partial charge in [0.25, 0.3) is 0 Å². The molecule has 1 aromatic rings. The first-order valence-electron chi connectivity index (χ1n) is 6.59. The molecular weight excluding hydrogens is 208 g/mol. The highest BCUT2D eigenvalue weighted by atomic mass is 15.1. The zero-order valence-corrected chi connectivity index (χ0v) is 11.3. The van der Waals surface area contributed by atoms with E-state index in [2.05, 4.69) is 43.1 Å². The van der Waals surface area contributed by atoms with Gasteiger partial charge in [0.1, 0.15) is 0 Å². The molecule has 2 nitrogen and oxygen atoms in total. The Labute approximate surface area is 105 Å². The zero-order valence-electron chi connectivity index (χ0n) is 11.3. The smallest absolute Gasteiger partial charge is 0.0261 e. The Morgan fingerprint density at radius 1 is 1.06 bits per heavy atom. The van der Waals surface area contributed by atoms with E-state index in [1.165, 1.54) is 35.2 Å². The molecule has 0 bridgehead atoms. The lowest BCUT2D eigenvalue weighted by Gasteiger charge is -2.22. The maximum Gasteiger partial charge on any atom is 0.0261 e. The summed E-state index contributed by atoms with van der Waals surface area (Å²) in [7, 11) is 0. The van der Waals surface area contributed by atoms with Crippen molar-refractivity contribution in [2.24, 2.45) is 0 Å². The SMILES string of the molecule is Cc1cc(C)c(CN2CCC[N]CC2)c(C)c1. The Balaban J connectivity index is 2.11. The number of aryl methyl sites for hydroxylation is 3. The monoisotopic (exact) mass is 231 g/mol. The van der Waals surface area contributed by atoms with Gasteiger partial charge in [-0.15, -0.1) is 0 Å². The second kappa shape index (κ2) is 5.65. The first-order chi connectivity index (χ1) is 8.16. The van der Waals surface area contributed by atoms with Gasteiger partial charge < -0.3 is 0 Å². The summed E-state index contributed by atoms with van der Waals surface area (Å²) in [4.78, 5) is 2.54. The van der Waals surface area contributed by atoms with Crippen LogP contribution >= 0.6 is 0 Å². The number of benzene rings is 1. The van der Waals surface area contributed by atoms with Crippen LogP contribution in [0.5, 0.6) is 0 Å². The molecule has 0 aliphatic carbocycles. The van der Waals surface area contributed by atoms with E-state index in [0.29, 0.717) is 0 Å². The lowest BCUT2D eigenvalue weighted by atomic mass is 9.99. The molecule has 2 heteroatoms. The summed E-state index contributed by atoms with van der Waals surface area (Å²) in [5.74, 6) is 0. The highest BCUT2D eigenvalue weighted by Crippen LogP contribution is 2.18. The first kappa shape index (κ1) is 12.6. The van der Waals surface area contributed by atoms with Gasteiger partial charge >= 0.3 is 0 Å². The van der Waals surface area contributed by atoms with Gasteiger partial charge in [0.15, 0.2) is 0 Å². The maximum absolute atomic E-state index is 4.48.